The molecule has 1 amide bonds. The lowest BCUT2D eigenvalue weighted by molar-refractivity contribution is -0.126. The molecule has 0 bridgehead atoms. The fourth-order valence-electron chi connectivity index (χ4n) is 3.40. The highest BCUT2D eigenvalue weighted by molar-refractivity contribution is 5.95. The molecule has 1 aliphatic rings. The van der Waals surface area contributed by atoms with E-state index in [0.29, 0.717) is 31.9 Å². The van der Waals surface area contributed by atoms with Crippen LogP contribution in [0.15, 0.2) is 66.9 Å². The van der Waals surface area contributed by atoms with Crippen molar-refractivity contribution in [1.82, 2.24) is 9.88 Å². The number of amides is 1. The molecule has 5 heteroatoms. The Morgan fingerprint density at radius 1 is 0.963 bits per heavy atom. The smallest absolute Gasteiger partial charge is 0.246 e. The van der Waals surface area contributed by atoms with Gasteiger partial charge < -0.3 is 9.80 Å². The summed E-state index contributed by atoms with van der Waals surface area (Å²) in [5.74, 6) is -0.253. The van der Waals surface area contributed by atoms with Crippen LogP contribution in [-0.4, -0.2) is 42.0 Å². The summed E-state index contributed by atoms with van der Waals surface area (Å²) in [6, 6.07) is 16.6. The minimum atomic E-state index is -0.222. The molecule has 2 aromatic carbocycles. The van der Waals surface area contributed by atoms with Gasteiger partial charge in [-0.25, -0.2) is 4.39 Å². The first-order valence-corrected chi connectivity index (χ1v) is 9.02. The molecule has 0 atom stereocenters. The lowest BCUT2D eigenvalue weighted by Crippen LogP contribution is -2.48. The minimum absolute atomic E-state index is 0.0314. The topological polar surface area (TPSA) is 36.4 Å². The number of carbonyl (C=O) groups is 1. The van der Waals surface area contributed by atoms with E-state index in [2.05, 4.69) is 4.98 Å². The van der Waals surface area contributed by atoms with Crippen molar-refractivity contribution >= 4 is 28.6 Å². The average Bonchev–Trinajstić information content (AvgIpc) is 2.72. The minimum Gasteiger partial charge on any atom is -0.366 e. The summed E-state index contributed by atoms with van der Waals surface area (Å²) < 4.78 is 13.9. The maximum atomic E-state index is 13.9. The van der Waals surface area contributed by atoms with E-state index in [-0.39, 0.29) is 11.7 Å². The molecular formula is C22H20FN3O. The summed E-state index contributed by atoms with van der Waals surface area (Å²) >= 11 is 0. The van der Waals surface area contributed by atoms with E-state index >= 15 is 0 Å². The van der Waals surface area contributed by atoms with Gasteiger partial charge in [0.1, 0.15) is 5.82 Å². The molecule has 4 rings (SSSR count). The normalized spacial score (nSPS) is 14.9. The third-order valence-corrected chi connectivity index (χ3v) is 4.85. The number of aromatic nitrogens is 1. The van der Waals surface area contributed by atoms with Gasteiger partial charge in [-0.15, -0.1) is 0 Å². The average molecular weight is 361 g/mol. The number of hydrogen-bond donors (Lipinski definition) is 0. The van der Waals surface area contributed by atoms with Gasteiger partial charge in [-0.2, -0.15) is 0 Å². The van der Waals surface area contributed by atoms with E-state index in [9.17, 15) is 9.18 Å². The van der Waals surface area contributed by atoms with Crippen molar-refractivity contribution < 1.29 is 9.18 Å². The summed E-state index contributed by atoms with van der Waals surface area (Å²) in [6.07, 6.45) is 5.17. The molecule has 3 aromatic rings. The highest BCUT2D eigenvalue weighted by Crippen LogP contribution is 2.21. The maximum absolute atomic E-state index is 13.9. The number of halogens is 1. The number of para-hydroxylation sites is 2. The van der Waals surface area contributed by atoms with Crippen LogP contribution in [0.3, 0.4) is 0 Å². The standard InChI is InChI=1S/C22H20FN3O/c23-19-8-1-2-9-20(19)25-13-15-26(16-14-25)21(27)11-10-18-6-3-5-17-7-4-12-24-22(17)18/h1-12H,13-16H2/b11-10+. The highest BCUT2D eigenvalue weighted by atomic mass is 19.1. The molecule has 1 saturated heterocycles. The summed E-state index contributed by atoms with van der Waals surface area (Å²) in [7, 11) is 0. The van der Waals surface area contributed by atoms with Crippen molar-refractivity contribution in [3.8, 4) is 0 Å². The highest BCUT2D eigenvalue weighted by Gasteiger charge is 2.21. The molecular weight excluding hydrogens is 341 g/mol. The van der Waals surface area contributed by atoms with Crippen LogP contribution >= 0.6 is 0 Å². The van der Waals surface area contributed by atoms with Crippen LogP contribution in [0.25, 0.3) is 17.0 Å². The Balaban J connectivity index is 1.42. The zero-order valence-electron chi connectivity index (χ0n) is 14.9. The van der Waals surface area contributed by atoms with E-state index in [1.54, 1.807) is 29.3 Å². The lowest BCUT2D eigenvalue weighted by Gasteiger charge is -2.35. The number of fused-ring (bicyclic) bond motifs is 1. The fourth-order valence-corrected chi connectivity index (χ4v) is 3.40. The van der Waals surface area contributed by atoms with Crippen LogP contribution in [0.4, 0.5) is 10.1 Å². The van der Waals surface area contributed by atoms with Crippen LogP contribution in [0.2, 0.25) is 0 Å². The van der Waals surface area contributed by atoms with Gasteiger partial charge in [0.05, 0.1) is 11.2 Å². The van der Waals surface area contributed by atoms with Gasteiger partial charge >= 0.3 is 0 Å². The largest absolute Gasteiger partial charge is 0.366 e. The van der Waals surface area contributed by atoms with Crippen molar-refractivity contribution in [1.29, 1.82) is 0 Å². The van der Waals surface area contributed by atoms with Crippen LogP contribution in [0, 0.1) is 5.82 Å². The lowest BCUT2D eigenvalue weighted by atomic mass is 10.1. The first kappa shape index (κ1) is 17.2. The quantitative estimate of drug-likeness (QED) is 0.667. The number of hydrogen-bond acceptors (Lipinski definition) is 3. The van der Waals surface area contributed by atoms with Gasteiger partial charge in [-0.05, 0) is 24.3 Å². The zero-order valence-corrected chi connectivity index (χ0v) is 14.9. The van der Waals surface area contributed by atoms with Crippen molar-refractivity contribution in [3.63, 3.8) is 0 Å². The van der Waals surface area contributed by atoms with Crippen LogP contribution in [0.5, 0.6) is 0 Å². The number of anilines is 1. The predicted octanol–water partition coefficient (Wildman–Crippen LogP) is 3.74. The summed E-state index contributed by atoms with van der Waals surface area (Å²) in [5, 5.41) is 1.05. The third-order valence-electron chi connectivity index (χ3n) is 4.85. The molecule has 2 heterocycles. The van der Waals surface area contributed by atoms with Crippen LogP contribution < -0.4 is 4.90 Å². The van der Waals surface area contributed by atoms with Gasteiger partial charge in [0, 0.05) is 49.4 Å². The van der Waals surface area contributed by atoms with Crippen LogP contribution in [0.1, 0.15) is 5.56 Å². The predicted molar refractivity (Wildman–Crippen MR) is 106 cm³/mol. The molecule has 4 nitrogen and oxygen atoms in total. The molecule has 0 aliphatic carbocycles. The monoisotopic (exact) mass is 361 g/mol. The van der Waals surface area contributed by atoms with Gasteiger partial charge in [0.2, 0.25) is 5.91 Å². The van der Waals surface area contributed by atoms with Crippen LogP contribution in [-0.2, 0) is 4.79 Å². The molecule has 0 saturated carbocycles. The van der Waals surface area contributed by atoms with Gasteiger partial charge in [-0.1, -0.05) is 36.4 Å². The van der Waals surface area contributed by atoms with Gasteiger partial charge in [-0.3, -0.25) is 9.78 Å². The Hall–Kier alpha value is -3.21. The summed E-state index contributed by atoms with van der Waals surface area (Å²) in [6.45, 7) is 2.39. The number of carbonyl (C=O) groups excluding carboxylic acids is 1. The molecule has 0 N–H and O–H groups in total. The van der Waals surface area contributed by atoms with E-state index in [0.717, 1.165) is 16.5 Å². The Morgan fingerprint density at radius 2 is 1.74 bits per heavy atom. The van der Waals surface area contributed by atoms with Crippen molar-refractivity contribution in [2.24, 2.45) is 0 Å². The number of nitrogens with zero attached hydrogens (tertiary/aromatic N) is 3. The first-order valence-electron chi connectivity index (χ1n) is 9.02. The second kappa shape index (κ2) is 7.58. The van der Waals surface area contributed by atoms with Crippen molar-refractivity contribution in [3.05, 3.63) is 78.3 Å². The molecule has 0 unspecified atom stereocenters. The number of rotatable bonds is 3. The SMILES string of the molecule is O=C(/C=C/c1cccc2cccnc12)N1CCN(c2ccccc2F)CC1. The molecule has 136 valence electrons. The summed E-state index contributed by atoms with van der Waals surface area (Å²) in [4.78, 5) is 20.7. The second-order valence-electron chi connectivity index (χ2n) is 6.52. The summed E-state index contributed by atoms with van der Waals surface area (Å²) in [5.41, 5.74) is 2.40. The second-order valence-corrected chi connectivity index (χ2v) is 6.52. The molecule has 1 fully saturated rings. The first-order chi connectivity index (χ1) is 13.2. The maximum Gasteiger partial charge on any atom is 0.246 e. The van der Waals surface area contributed by atoms with Crippen molar-refractivity contribution in [2.75, 3.05) is 31.1 Å². The molecule has 1 aliphatic heterocycles. The van der Waals surface area contributed by atoms with Crippen molar-refractivity contribution in [2.45, 2.75) is 0 Å². The zero-order chi connectivity index (χ0) is 18.6. The fraction of sp³-hybridized carbons (Fsp3) is 0.182. The van der Waals surface area contributed by atoms with E-state index in [4.69, 9.17) is 0 Å². The Kier molecular flexibility index (Phi) is 4.83. The van der Waals surface area contributed by atoms with Gasteiger partial charge in [0.15, 0.2) is 0 Å². The third kappa shape index (κ3) is 3.67. The number of piperazine rings is 1. The molecule has 0 spiro atoms. The Bertz CT molecular complexity index is 988. The van der Waals surface area contributed by atoms with E-state index < -0.39 is 0 Å². The Labute approximate surface area is 157 Å². The van der Waals surface area contributed by atoms with Gasteiger partial charge in [0.25, 0.3) is 0 Å². The van der Waals surface area contributed by atoms with E-state index in [1.807, 2.05) is 47.4 Å². The molecule has 1 aromatic heterocycles. The van der Waals surface area contributed by atoms with E-state index in [1.165, 1.54) is 6.07 Å². The molecule has 0 radical (unpaired) electrons. The number of benzene rings is 2. The number of pyridine rings is 1. The Morgan fingerprint density at radius 3 is 2.56 bits per heavy atom. The molecule has 27 heavy (non-hydrogen) atoms.